The third-order valence-corrected chi connectivity index (χ3v) is 4.06. The first kappa shape index (κ1) is 12.5. The second-order valence-electron chi connectivity index (χ2n) is 5.25. The molecule has 0 amide bonds. The molecule has 0 radical (unpaired) electrons. The number of aromatic nitrogens is 2. The van der Waals surface area contributed by atoms with Gasteiger partial charge in [-0.2, -0.15) is 0 Å². The second kappa shape index (κ2) is 5.61. The molecule has 2 aromatic heterocycles. The third-order valence-electron chi connectivity index (χ3n) is 4.06. The van der Waals surface area contributed by atoms with Crippen LogP contribution >= 0.6 is 0 Å². The van der Waals surface area contributed by atoms with Gasteiger partial charge in [0.15, 0.2) is 0 Å². The molecule has 0 unspecified atom stereocenters. The minimum atomic E-state index is 0.196. The van der Waals surface area contributed by atoms with E-state index in [9.17, 15) is 5.11 Å². The molecule has 1 aliphatic carbocycles. The predicted molar refractivity (Wildman–Crippen MR) is 76.5 cm³/mol. The van der Waals surface area contributed by atoms with Gasteiger partial charge in [-0.3, -0.25) is 4.40 Å². The first-order chi connectivity index (χ1) is 9.40. The number of imidazole rings is 1. The number of fused-ring (bicyclic) bond motifs is 1. The van der Waals surface area contributed by atoms with Crippen molar-refractivity contribution in [3.8, 4) is 0 Å². The van der Waals surface area contributed by atoms with Gasteiger partial charge in [0.25, 0.3) is 0 Å². The van der Waals surface area contributed by atoms with Crippen LogP contribution in [-0.4, -0.2) is 33.7 Å². The van der Waals surface area contributed by atoms with Crippen LogP contribution in [0.4, 0.5) is 5.82 Å². The van der Waals surface area contributed by atoms with Crippen LogP contribution in [0.2, 0.25) is 0 Å². The van der Waals surface area contributed by atoms with Gasteiger partial charge in [-0.05, 0) is 25.0 Å². The molecule has 4 nitrogen and oxygen atoms in total. The van der Waals surface area contributed by atoms with E-state index in [0.29, 0.717) is 12.6 Å². The topological polar surface area (TPSA) is 40.8 Å². The Hall–Kier alpha value is -1.55. The fourth-order valence-corrected chi connectivity index (χ4v) is 3.15. The molecule has 102 valence electrons. The maximum Gasteiger partial charge on any atom is 0.138 e. The van der Waals surface area contributed by atoms with Gasteiger partial charge < -0.3 is 10.0 Å². The van der Waals surface area contributed by atoms with E-state index >= 15 is 0 Å². The van der Waals surface area contributed by atoms with Crippen LogP contribution < -0.4 is 4.90 Å². The Kier molecular flexibility index (Phi) is 3.69. The van der Waals surface area contributed by atoms with E-state index in [-0.39, 0.29) is 6.61 Å². The largest absolute Gasteiger partial charge is 0.395 e. The first-order valence-corrected chi connectivity index (χ1v) is 7.20. The van der Waals surface area contributed by atoms with Crippen molar-refractivity contribution < 1.29 is 5.11 Å². The van der Waals surface area contributed by atoms with Crippen molar-refractivity contribution >= 4 is 11.5 Å². The Balaban J connectivity index is 1.96. The maximum atomic E-state index is 9.38. The number of hydrogen-bond acceptors (Lipinski definition) is 3. The zero-order valence-corrected chi connectivity index (χ0v) is 11.2. The van der Waals surface area contributed by atoms with Gasteiger partial charge >= 0.3 is 0 Å². The van der Waals surface area contributed by atoms with Gasteiger partial charge in [-0.15, -0.1) is 0 Å². The number of nitrogens with zero attached hydrogens (tertiary/aromatic N) is 3. The number of rotatable bonds is 4. The van der Waals surface area contributed by atoms with Crippen LogP contribution in [-0.2, 0) is 0 Å². The monoisotopic (exact) mass is 259 g/mol. The standard InChI is InChI=1S/C15H21N3O/c19-12-11-17(13-5-2-1-3-6-13)15-8-4-7-14-16-9-10-18(14)15/h4,7-10,13,19H,1-3,5-6,11-12H2. The lowest BCUT2D eigenvalue weighted by atomic mass is 9.94. The smallest absolute Gasteiger partial charge is 0.138 e. The van der Waals surface area contributed by atoms with Crippen molar-refractivity contribution in [2.45, 2.75) is 38.1 Å². The number of pyridine rings is 1. The number of aliphatic hydroxyl groups is 1. The van der Waals surface area contributed by atoms with Gasteiger partial charge in [0.05, 0.1) is 6.61 Å². The molecule has 0 atom stereocenters. The lowest BCUT2D eigenvalue weighted by molar-refractivity contribution is 0.289. The Labute approximate surface area is 113 Å². The van der Waals surface area contributed by atoms with Crippen molar-refractivity contribution in [3.63, 3.8) is 0 Å². The quantitative estimate of drug-likeness (QED) is 0.917. The van der Waals surface area contributed by atoms with Crippen LogP contribution in [0.25, 0.3) is 5.65 Å². The Morgan fingerprint density at radius 3 is 2.89 bits per heavy atom. The first-order valence-electron chi connectivity index (χ1n) is 7.20. The number of aliphatic hydroxyl groups excluding tert-OH is 1. The summed E-state index contributed by atoms with van der Waals surface area (Å²) in [6.45, 7) is 0.892. The number of anilines is 1. The van der Waals surface area contributed by atoms with Gasteiger partial charge in [0, 0.05) is 25.0 Å². The molecule has 3 rings (SSSR count). The van der Waals surface area contributed by atoms with E-state index in [1.807, 2.05) is 24.5 Å². The minimum Gasteiger partial charge on any atom is -0.395 e. The highest BCUT2D eigenvalue weighted by atomic mass is 16.3. The molecule has 1 aliphatic rings. The molecule has 0 aromatic carbocycles. The summed E-state index contributed by atoms with van der Waals surface area (Å²) in [6.07, 6.45) is 10.2. The van der Waals surface area contributed by atoms with Crippen LogP contribution in [0.15, 0.2) is 30.6 Å². The van der Waals surface area contributed by atoms with Crippen LogP contribution in [0.5, 0.6) is 0 Å². The van der Waals surface area contributed by atoms with Gasteiger partial charge in [-0.1, -0.05) is 25.3 Å². The molecule has 1 N–H and O–H groups in total. The third kappa shape index (κ3) is 2.45. The van der Waals surface area contributed by atoms with E-state index in [2.05, 4.69) is 20.4 Å². The zero-order chi connectivity index (χ0) is 13.1. The van der Waals surface area contributed by atoms with Crippen LogP contribution in [0.3, 0.4) is 0 Å². The molecule has 2 heterocycles. The van der Waals surface area contributed by atoms with Gasteiger partial charge in [0.2, 0.25) is 0 Å². The summed E-state index contributed by atoms with van der Waals surface area (Å²) in [5.41, 5.74) is 0.969. The predicted octanol–water partition coefficient (Wildman–Crippen LogP) is 2.47. The lowest BCUT2D eigenvalue weighted by Gasteiger charge is -2.36. The highest BCUT2D eigenvalue weighted by Gasteiger charge is 2.22. The highest BCUT2D eigenvalue weighted by molar-refractivity contribution is 5.52. The highest BCUT2D eigenvalue weighted by Crippen LogP contribution is 2.27. The fourth-order valence-electron chi connectivity index (χ4n) is 3.15. The average Bonchev–Trinajstić information content (AvgIpc) is 2.94. The fraction of sp³-hybridized carbons (Fsp3) is 0.533. The lowest BCUT2D eigenvalue weighted by Crippen LogP contribution is -2.39. The van der Waals surface area contributed by atoms with Crippen LogP contribution in [0.1, 0.15) is 32.1 Å². The van der Waals surface area contributed by atoms with Crippen molar-refractivity contribution in [2.24, 2.45) is 0 Å². The Morgan fingerprint density at radius 1 is 1.26 bits per heavy atom. The Bertz CT molecular complexity index is 531. The molecule has 0 bridgehead atoms. The maximum absolute atomic E-state index is 9.38. The normalized spacial score (nSPS) is 16.9. The molecule has 1 saturated carbocycles. The van der Waals surface area contributed by atoms with E-state index in [1.54, 1.807) is 0 Å². The van der Waals surface area contributed by atoms with E-state index in [0.717, 1.165) is 11.5 Å². The molecular formula is C15H21N3O. The van der Waals surface area contributed by atoms with Crippen molar-refractivity contribution in [3.05, 3.63) is 30.6 Å². The van der Waals surface area contributed by atoms with E-state index in [4.69, 9.17) is 0 Å². The summed E-state index contributed by atoms with van der Waals surface area (Å²) in [5.74, 6) is 1.15. The minimum absolute atomic E-state index is 0.196. The molecular weight excluding hydrogens is 238 g/mol. The van der Waals surface area contributed by atoms with Crippen molar-refractivity contribution in [1.29, 1.82) is 0 Å². The summed E-state index contributed by atoms with van der Waals surface area (Å²) >= 11 is 0. The summed E-state index contributed by atoms with van der Waals surface area (Å²) in [4.78, 5) is 6.70. The molecule has 19 heavy (non-hydrogen) atoms. The number of hydrogen-bond donors (Lipinski definition) is 1. The van der Waals surface area contributed by atoms with E-state index in [1.165, 1.54) is 32.1 Å². The Morgan fingerprint density at radius 2 is 2.11 bits per heavy atom. The molecule has 0 aliphatic heterocycles. The summed E-state index contributed by atoms with van der Waals surface area (Å²) < 4.78 is 2.12. The molecule has 0 saturated heterocycles. The summed E-state index contributed by atoms with van der Waals surface area (Å²) in [5, 5.41) is 9.38. The van der Waals surface area contributed by atoms with Gasteiger partial charge in [0.1, 0.15) is 11.5 Å². The zero-order valence-electron chi connectivity index (χ0n) is 11.2. The van der Waals surface area contributed by atoms with Crippen molar-refractivity contribution in [1.82, 2.24) is 9.38 Å². The summed E-state index contributed by atoms with van der Waals surface area (Å²) in [7, 11) is 0. The van der Waals surface area contributed by atoms with Gasteiger partial charge in [-0.25, -0.2) is 4.98 Å². The summed E-state index contributed by atoms with van der Waals surface area (Å²) in [6, 6.07) is 6.74. The molecule has 1 fully saturated rings. The molecule has 2 aromatic rings. The SMILES string of the molecule is OCCN(c1cccc2nccn12)C1CCCCC1. The average molecular weight is 259 g/mol. The molecule has 4 heteroatoms. The van der Waals surface area contributed by atoms with E-state index < -0.39 is 0 Å². The second-order valence-corrected chi connectivity index (χ2v) is 5.25. The van der Waals surface area contributed by atoms with Crippen molar-refractivity contribution in [2.75, 3.05) is 18.1 Å². The molecule has 0 spiro atoms. The van der Waals surface area contributed by atoms with Crippen LogP contribution in [0, 0.1) is 0 Å².